The molecule has 1 aliphatic rings. The molecule has 142 valence electrons. The van der Waals surface area contributed by atoms with Crippen LogP contribution in [-0.2, 0) is 20.4 Å². The number of nitrogens with zero attached hydrogens (tertiary/aromatic N) is 1. The number of carbonyl (C=O) groups is 1. The Morgan fingerprint density at radius 1 is 1.28 bits per heavy atom. The van der Waals surface area contributed by atoms with E-state index in [0.29, 0.717) is 32.4 Å². The zero-order chi connectivity index (χ0) is 17.8. The fraction of sp³-hybridized carbons (Fsp3) is 0.588. The number of sulfonamides is 1. The minimum atomic E-state index is -3.22. The van der Waals surface area contributed by atoms with Gasteiger partial charge >= 0.3 is 0 Å². The first-order valence-corrected chi connectivity index (χ1v) is 10.1. The van der Waals surface area contributed by atoms with E-state index in [9.17, 15) is 13.2 Å². The summed E-state index contributed by atoms with van der Waals surface area (Å²) in [6.45, 7) is 4.59. The molecule has 8 heteroatoms. The number of hydrogen-bond acceptors (Lipinski definition) is 4. The molecular weight excluding hydrogens is 362 g/mol. The molecule has 1 aromatic carbocycles. The Labute approximate surface area is 156 Å². The highest BCUT2D eigenvalue weighted by atomic mass is 35.5. The van der Waals surface area contributed by atoms with Gasteiger partial charge in [0.05, 0.1) is 5.75 Å². The van der Waals surface area contributed by atoms with Gasteiger partial charge in [-0.3, -0.25) is 4.79 Å². The molecule has 0 saturated carbocycles. The summed E-state index contributed by atoms with van der Waals surface area (Å²) in [5.74, 6) is 0.0182. The van der Waals surface area contributed by atoms with Crippen molar-refractivity contribution in [2.45, 2.75) is 44.7 Å². The molecule has 2 rings (SSSR count). The molecule has 1 saturated heterocycles. The first-order valence-electron chi connectivity index (χ1n) is 8.40. The van der Waals surface area contributed by atoms with E-state index in [1.165, 1.54) is 0 Å². The van der Waals surface area contributed by atoms with Crippen LogP contribution in [0.2, 0.25) is 0 Å². The zero-order valence-electron chi connectivity index (χ0n) is 14.8. The Balaban J connectivity index is 0.00000312. The van der Waals surface area contributed by atoms with Gasteiger partial charge in [-0.05, 0) is 31.7 Å². The van der Waals surface area contributed by atoms with E-state index in [-0.39, 0.29) is 30.1 Å². The highest BCUT2D eigenvalue weighted by Gasteiger charge is 2.36. The predicted octanol–water partition coefficient (Wildman–Crippen LogP) is 1.60. The molecule has 1 unspecified atom stereocenters. The summed E-state index contributed by atoms with van der Waals surface area (Å²) in [4.78, 5) is 14.5. The molecule has 0 spiro atoms. The predicted molar refractivity (Wildman–Crippen MR) is 102 cm³/mol. The van der Waals surface area contributed by atoms with Gasteiger partial charge in [0.15, 0.2) is 0 Å². The maximum absolute atomic E-state index is 12.8. The zero-order valence-corrected chi connectivity index (χ0v) is 16.4. The normalized spacial score (nSPS) is 18.3. The van der Waals surface area contributed by atoms with Crippen LogP contribution in [0.3, 0.4) is 0 Å². The van der Waals surface area contributed by atoms with E-state index in [1.807, 2.05) is 37.3 Å². The van der Waals surface area contributed by atoms with E-state index >= 15 is 0 Å². The van der Waals surface area contributed by atoms with E-state index < -0.39 is 15.6 Å². The van der Waals surface area contributed by atoms with Crippen LogP contribution in [-0.4, -0.2) is 44.1 Å². The molecular formula is C17H28ClN3O3S. The summed E-state index contributed by atoms with van der Waals surface area (Å²) >= 11 is 0. The SMILES string of the molecule is CCCS(=O)(=O)NC1CCN(C(=O)C(C)(N)c2ccccc2)CC1.Cl. The van der Waals surface area contributed by atoms with Crippen molar-refractivity contribution >= 4 is 28.3 Å². The second-order valence-corrected chi connectivity index (χ2v) is 8.45. The average Bonchev–Trinajstić information content (AvgIpc) is 2.55. The summed E-state index contributed by atoms with van der Waals surface area (Å²) in [6, 6.07) is 9.21. The number of hydrogen-bond donors (Lipinski definition) is 2. The van der Waals surface area contributed by atoms with Crippen molar-refractivity contribution in [1.82, 2.24) is 9.62 Å². The molecule has 1 aromatic rings. The van der Waals surface area contributed by atoms with Crippen molar-refractivity contribution in [1.29, 1.82) is 0 Å². The lowest BCUT2D eigenvalue weighted by Crippen LogP contribution is -2.55. The highest BCUT2D eigenvalue weighted by Crippen LogP contribution is 2.23. The van der Waals surface area contributed by atoms with Gasteiger partial charge in [0.2, 0.25) is 15.9 Å². The van der Waals surface area contributed by atoms with E-state index in [2.05, 4.69) is 4.72 Å². The van der Waals surface area contributed by atoms with E-state index in [0.717, 1.165) is 5.56 Å². The van der Waals surface area contributed by atoms with Crippen molar-refractivity contribution in [2.24, 2.45) is 5.73 Å². The number of benzene rings is 1. The Hall–Kier alpha value is -1.15. The molecule has 1 amide bonds. The largest absolute Gasteiger partial charge is 0.341 e. The van der Waals surface area contributed by atoms with Crippen molar-refractivity contribution in [3.8, 4) is 0 Å². The average molecular weight is 390 g/mol. The number of nitrogens with two attached hydrogens (primary N) is 1. The van der Waals surface area contributed by atoms with Gasteiger partial charge in [0, 0.05) is 19.1 Å². The number of halogens is 1. The van der Waals surface area contributed by atoms with Crippen LogP contribution in [0.25, 0.3) is 0 Å². The Kier molecular flexibility index (Phi) is 7.87. The number of rotatable bonds is 6. The fourth-order valence-corrected chi connectivity index (χ4v) is 4.42. The maximum Gasteiger partial charge on any atom is 0.246 e. The van der Waals surface area contributed by atoms with Crippen molar-refractivity contribution in [2.75, 3.05) is 18.8 Å². The van der Waals surface area contributed by atoms with Crippen LogP contribution in [0, 0.1) is 0 Å². The van der Waals surface area contributed by atoms with Crippen LogP contribution < -0.4 is 10.5 Å². The third kappa shape index (κ3) is 5.67. The van der Waals surface area contributed by atoms with Gasteiger partial charge in [0.25, 0.3) is 0 Å². The molecule has 1 aliphatic heterocycles. The topological polar surface area (TPSA) is 92.5 Å². The first-order chi connectivity index (χ1) is 11.3. The molecule has 1 atom stereocenters. The molecule has 1 heterocycles. The molecule has 0 bridgehead atoms. The molecule has 25 heavy (non-hydrogen) atoms. The second-order valence-electron chi connectivity index (χ2n) is 6.57. The third-order valence-electron chi connectivity index (χ3n) is 4.42. The second kappa shape index (κ2) is 8.98. The monoisotopic (exact) mass is 389 g/mol. The van der Waals surface area contributed by atoms with Gasteiger partial charge in [-0.25, -0.2) is 13.1 Å². The maximum atomic E-state index is 12.8. The van der Waals surface area contributed by atoms with Crippen molar-refractivity contribution < 1.29 is 13.2 Å². The summed E-state index contributed by atoms with van der Waals surface area (Å²) in [6.07, 6.45) is 1.81. The highest BCUT2D eigenvalue weighted by molar-refractivity contribution is 7.89. The summed E-state index contributed by atoms with van der Waals surface area (Å²) in [5, 5.41) is 0. The summed E-state index contributed by atoms with van der Waals surface area (Å²) < 4.78 is 26.4. The lowest BCUT2D eigenvalue weighted by molar-refractivity contribution is -0.137. The number of piperidine rings is 1. The van der Waals surface area contributed by atoms with Crippen molar-refractivity contribution in [3.05, 3.63) is 35.9 Å². The summed E-state index contributed by atoms with van der Waals surface area (Å²) in [7, 11) is -3.22. The van der Waals surface area contributed by atoms with Crippen molar-refractivity contribution in [3.63, 3.8) is 0 Å². The smallest absolute Gasteiger partial charge is 0.246 e. The van der Waals surface area contributed by atoms with Gasteiger partial charge in [-0.1, -0.05) is 37.3 Å². The number of nitrogens with one attached hydrogen (secondary N) is 1. The first kappa shape index (κ1) is 21.9. The quantitative estimate of drug-likeness (QED) is 0.772. The molecule has 0 aromatic heterocycles. The van der Waals surface area contributed by atoms with Gasteiger partial charge in [0.1, 0.15) is 5.54 Å². The van der Waals surface area contributed by atoms with Crippen LogP contribution in [0.15, 0.2) is 30.3 Å². The van der Waals surface area contributed by atoms with Crippen LogP contribution in [0.1, 0.15) is 38.7 Å². The number of carbonyl (C=O) groups excluding carboxylic acids is 1. The Morgan fingerprint density at radius 2 is 1.84 bits per heavy atom. The van der Waals surface area contributed by atoms with Crippen LogP contribution >= 0.6 is 12.4 Å². The minimum Gasteiger partial charge on any atom is -0.341 e. The van der Waals surface area contributed by atoms with Gasteiger partial charge in [-0.15, -0.1) is 12.4 Å². The molecule has 3 N–H and O–H groups in total. The Morgan fingerprint density at radius 3 is 2.36 bits per heavy atom. The van der Waals surface area contributed by atoms with Crippen LogP contribution in [0.5, 0.6) is 0 Å². The van der Waals surface area contributed by atoms with E-state index in [1.54, 1.807) is 11.8 Å². The number of likely N-dealkylation sites (tertiary alicyclic amines) is 1. The van der Waals surface area contributed by atoms with Gasteiger partial charge in [-0.2, -0.15) is 0 Å². The lowest BCUT2D eigenvalue weighted by Gasteiger charge is -2.37. The molecule has 6 nitrogen and oxygen atoms in total. The fourth-order valence-electron chi connectivity index (χ4n) is 3.02. The standard InChI is InChI=1S/C17H27N3O3S.ClH/c1-3-13-24(22,23)19-15-9-11-20(12-10-15)16(21)17(2,18)14-7-5-4-6-8-14;/h4-8,15,19H,3,9-13,18H2,1-2H3;1H. The Bertz CT molecular complexity index is 657. The minimum absolute atomic E-state index is 0. The van der Waals surface area contributed by atoms with Gasteiger partial charge < -0.3 is 10.6 Å². The van der Waals surface area contributed by atoms with Crippen LogP contribution in [0.4, 0.5) is 0 Å². The molecule has 0 radical (unpaired) electrons. The summed E-state index contributed by atoms with van der Waals surface area (Å²) in [5.41, 5.74) is 5.99. The third-order valence-corrected chi connectivity index (χ3v) is 6.06. The lowest BCUT2D eigenvalue weighted by atomic mass is 9.90. The van der Waals surface area contributed by atoms with E-state index in [4.69, 9.17) is 5.73 Å². The molecule has 0 aliphatic carbocycles. The number of amides is 1. The molecule has 1 fully saturated rings.